The van der Waals surface area contributed by atoms with E-state index in [1.807, 2.05) is 0 Å². The summed E-state index contributed by atoms with van der Waals surface area (Å²) in [4.78, 5) is 29.8. The Labute approximate surface area is 117 Å². The van der Waals surface area contributed by atoms with E-state index >= 15 is 0 Å². The van der Waals surface area contributed by atoms with Crippen molar-refractivity contribution in [2.24, 2.45) is 5.92 Å². The molecule has 0 bridgehead atoms. The highest BCUT2D eigenvalue weighted by Gasteiger charge is 2.14. The summed E-state index contributed by atoms with van der Waals surface area (Å²) in [6, 6.07) is 0. The Bertz CT molecular complexity index is 467. The number of hydrogen-bond acceptors (Lipinski definition) is 4. The summed E-state index contributed by atoms with van der Waals surface area (Å²) < 4.78 is 0. The lowest BCUT2D eigenvalue weighted by Crippen LogP contribution is -2.26. The van der Waals surface area contributed by atoms with E-state index in [2.05, 4.69) is 15.3 Å². The summed E-state index contributed by atoms with van der Waals surface area (Å²) >= 11 is 0. The fourth-order valence-electron chi connectivity index (χ4n) is 2.54. The first kappa shape index (κ1) is 14.4. The number of rotatable bonds is 6. The third-order valence-electron chi connectivity index (χ3n) is 3.65. The average Bonchev–Trinajstić information content (AvgIpc) is 2.96. The molecule has 1 aromatic heterocycles. The van der Waals surface area contributed by atoms with Crippen LogP contribution < -0.4 is 5.32 Å². The lowest BCUT2D eigenvalue weighted by molar-refractivity contribution is 0.0689. The van der Waals surface area contributed by atoms with Gasteiger partial charge in [-0.2, -0.15) is 0 Å². The van der Waals surface area contributed by atoms with Crippen LogP contribution >= 0.6 is 0 Å². The first-order valence-corrected chi connectivity index (χ1v) is 7.00. The van der Waals surface area contributed by atoms with E-state index in [0.717, 1.165) is 25.0 Å². The van der Waals surface area contributed by atoms with Crippen LogP contribution in [0, 0.1) is 5.92 Å². The molecule has 1 heterocycles. The highest BCUT2D eigenvalue weighted by atomic mass is 16.4. The Morgan fingerprint density at radius 1 is 1.20 bits per heavy atom. The highest BCUT2D eigenvalue weighted by Crippen LogP contribution is 2.28. The second-order valence-electron chi connectivity index (χ2n) is 5.14. The van der Waals surface area contributed by atoms with Crippen LogP contribution in [-0.2, 0) is 0 Å². The molecule has 108 valence electrons. The van der Waals surface area contributed by atoms with Crippen LogP contribution in [0.4, 0.5) is 0 Å². The molecule has 1 aromatic rings. The van der Waals surface area contributed by atoms with Gasteiger partial charge in [0.05, 0.1) is 12.4 Å². The van der Waals surface area contributed by atoms with E-state index in [4.69, 9.17) is 5.11 Å². The summed E-state index contributed by atoms with van der Waals surface area (Å²) in [6.07, 6.45) is 9.71. The van der Waals surface area contributed by atoms with Gasteiger partial charge in [-0.05, 0) is 18.8 Å². The molecule has 0 unspecified atom stereocenters. The largest absolute Gasteiger partial charge is 0.476 e. The molecule has 0 radical (unpaired) electrons. The lowest BCUT2D eigenvalue weighted by atomic mass is 10.0. The zero-order valence-corrected chi connectivity index (χ0v) is 11.3. The van der Waals surface area contributed by atoms with E-state index in [9.17, 15) is 9.59 Å². The van der Waals surface area contributed by atoms with Crippen LogP contribution in [0.5, 0.6) is 0 Å². The molecule has 0 aromatic carbocycles. The van der Waals surface area contributed by atoms with Gasteiger partial charge in [0.2, 0.25) is 0 Å². The van der Waals surface area contributed by atoms with Gasteiger partial charge >= 0.3 is 5.97 Å². The van der Waals surface area contributed by atoms with Crippen molar-refractivity contribution < 1.29 is 14.7 Å². The second kappa shape index (κ2) is 6.98. The molecular weight excluding hydrogens is 258 g/mol. The standard InChI is InChI=1S/C14H19N3O3/c18-13(11-8-17-12(9-16-11)14(19)20)15-7-3-6-10-4-1-2-5-10/h8-10H,1-7H2,(H,15,18)(H,19,20). The van der Waals surface area contributed by atoms with Gasteiger partial charge in [-0.1, -0.05) is 25.7 Å². The van der Waals surface area contributed by atoms with Crippen molar-refractivity contribution in [1.29, 1.82) is 0 Å². The number of nitrogens with one attached hydrogen (secondary N) is 1. The highest BCUT2D eigenvalue weighted by molar-refractivity contribution is 5.92. The van der Waals surface area contributed by atoms with Crippen molar-refractivity contribution in [2.75, 3.05) is 6.54 Å². The number of carbonyl (C=O) groups is 2. The molecule has 6 heteroatoms. The van der Waals surface area contributed by atoms with Gasteiger partial charge in [-0.15, -0.1) is 0 Å². The molecule has 1 aliphatic rings. The number of aromatic carboxylic acids is 1. The van der Waals surface area contributed by atoms with Gasteiger partial charge < -0.3 is 10.4 Å². The van der Waals surface area contributed by atoms with E-state index in [-0.39, 0.29) is 17.3 Å². The van der Waals surface area contributed by atoms with Crippen molar-refractivity contribution in [3.63, 3.8) is 0 Å². The lowest BCUT2D eigenvalue weighted by Gasteiger charge is -2.09. The summed E-state index contributed by atoms with van der Waals surface area (Å²) in [5.41, 5.74) is -0.0151. The van der Waals surface area contributed by atoms with Gasteiger partial charge in [0, 0.05) is 6.54 Å². The molecule has 0 saturated heterocycles. The molecule has 2 rings (SSSR count). The molecular formula is C14H19N3O3. The Morgan fingerprint density at radius 2 is 1.85 bits per heavy atom. The predicted molar refractivity (Wildman–Crippen MR) is 72.5 cm³/mol. The molecule has 1 fully saturated rings. The number of hydrogen-bond donors (Lipinski definition) is 2. The van der Waals surface area contributed by atoms with Gasteiger partial charge in [-0.3, -0.25) is 4.79 Å². The molecule has 20 heavy (non-hydrogen) atoms. The van der Waals surface area contributed by atoms with Crippen LogP contribution in [0.25, 0.3) is 0 Å². The van der Waals surface area contributed by atoms with Crippen LogP contribution in [-0.4, -0.2) is 33.5 Å². The SMILES string of the molecule is O=C(O)c1cnc(C(=O)NCCCC2CCCC2)cn1. The predicted octanol–water partition coefficient (Wildman–Crippen LogP) is 1.87. The van der Waals surface area contributed by atoms with E-state index in [0.29, 0.717) is 6.54 Å². The van der Waals surface area contributed by atoms with Crippen molar-refractivity contribution in [2.45, 2.75) is 38.5 Å². The van der Waals surface area contributed by atoms with Gasteiger partial charge in [0.1, 0.15) is 5.69 Å². The maximum absolute atomic E-state index is 11.8. The molecule has 1 saturated carbocycles. The number of aromatic nitrogens is 2. The van der Waals surface area contributed by atoms with Crippen molar-refractivity contribution >= 4 is 11.9 Å². The molecule has 1 amide bonds. The molecule has 6 nitrogen and oxygen atoms in total. The number of carboxylic acid groups (broad SMARTS) is 1. The average molecular weight is 277 g/mol. The number of amides is 1. The molecule has 0 atom stereocenters. The number of carbonyl (C=O) groups excluding carboxylic acids is 1. The topological polar surface area (TPSA) is 92.2 Å². The fraction of sp³-hybridized carbons (Fsp3) is 0.571. The summed E-state index contributed by atoms with van der Waals surface area (Å²) in [5.74, 6) is -0.636. The summed E-state index contributed by atoms with van der Waals surface area (Å²) in [6.45, 7) is 0.623. The number of nitrogens with zero attached hydrogens (tertiary/aromatic N) is 2. The Morgan fingerprint density at radius 3 is 2.45 bits per heavy atom. The van der Waals surface area contributed by atoms with Crippen LogP contribution in [0.15, 0.2) is 12.4 Å². The molecule has 2 N–H and O–H groups in total. The first-order chi connectivity index (χ1) is 9.66. The fourth-order valence-corrected chi connectivity index (χ4v) is 2.54. The second-order valence-corrected chi connectivity index (χ2v) is 5.14. The molecule has 0 spiro atoms. The third-order valence-corrected chi connectivity index (χ3v) is 3.65. The monoisotopic (exact) mass is 277 g/mol. The molecule has 0 aliphatic heterocycles. The van der Waals surface area contributed by atoms with Gasteiger partial charge in [-0.25, -0.2) is 14.8 Å². The van der Waals surface area contributed by atoms with Gasteiger partial charge in [0.25, 0.3) is 5.91 Å². The minimum atomic E-state index is -1.15. The minimum Gasteiger partial charge on any atom is -0.476 e. The van der Waals surface area contributed by atoms with Crippen LogP contribution in [0.1, 0.15) is 59.5 Å². The zero-order valence-electron chi connectivity index (χ0n) is 11.3. The summed E-state index contributed by atoms with van der Waals surface area (Å²) in [7, 11) is 0. The van der Waals surface area contributed by atoms with Crippen molar-refractivity contribution in [1.82, 2.24) is 15.3 Å². The Balaban J connectivity index is 1.72. The maximum atomic E-state index is 11.8. The Hall–Kier alpha value is -1.98. The van der Waals surface area contributed by atoms with E-state index in [1.165, 1.54) is 31.9 Å². The van der Waals surface area contributed by atoms with Gasteiger partial charge in [0.15, 0.2) is 5.69 Å². The van der Waals surface area contributed by atoms with E-state index < -0.39 is 5.97 Å². The Kier molecular flexibility index (Phi) is 5.03. The zero-order chi connectivity index (χ0) is 14.4. The van der Waals surface area contributed by atoms with E-state index in [1.54, 1.807) is 0 Å². The van der Waals surface area contributed by atoms with Crippen molar-refractivity contribution in [3.05, 3.63) is 23.8 Å². The normalized spacial score (nSPS) is 15.2. The third kappa shape index (κ3) is 4.01. The quantitative estimate of drug-likeness (QED) is 0.774. The van der Waals surface area contributed by atoms with Crippen molar-refractivity contribution in [3.8, 4) is 0 Å². The minimum absolute atomic E-state index is 0.149. The summed E-state index contributed by atoms with van der Waals surface area (Å²) in [5, 5.41) is 11.5. The smallest absolute Gasteiger partial charge is 0.356 e. The first-order valence-electron chi connectivity index (χ1n) is 7.00. The molecule has 1 aliphatic carbocycles. The van der Waals surface area contributed by atoms with Crippen LogP contribution in [0.3, 0.4) is 0 Å². The number of carboxylic acids is 1. The van der Waals surface area contributed by atoms with Crippen LogP contribution in [0.2, 0.25) is 0 Å². The maximum Gasteiger partial charge on any atom is 0.356 e.